The van der Waals surface area contributed by atoms with E-state index >= 15 is 0 Å². The fraction of sp³-hybridized carbons (Fsp3) is 1.00. The van der Waals surface area contributed by atoms with Gasteiger partial charge >= 0.3 is 0 Å². The standard InChI is InChI=1S/C4H11NO.ClH/c1-3-4(2,5)6;/h6H,3,5H2,1-2H3;1H/p-1. The zero-order valence-corrected chi connectivity index (χ0v) is 5.37. The second-order valence-electron chi connectivity index (χ2n) is 1.71. The Morgan fingerprint density at radius 1 is 1.71 bits per heavy atom. The Labute approximate surface area is 50.1 Å². The summed E-state index contributed by atoms with van der Waals surface area (Å²) >= 11 is 0. The van der Waals surface area contributed by atoms with Crippen molar-refractivity contribution in [3.05, 3.63) is 0 Å². The molecule has 0 aromatic rings. The maximum atomic E-state index is 8.60. The first-order valence-electron chi connectivity index (χ1n) is 2.07. The van der Waals surface area contributed by atoms with E-state index in [2.05, 4.69) is 0 Å². The molecule has 0 aliphatic rings. The molecular weight excluding hydrogens is 114 g/mol. The van der Waals surface area contributed by atoms with Gasteiger partial charge in [-0.2, -0.15) is 0 Å². The second kappa shape index (κ2) is 3.24. The lowest BCUT2D eigenvalue weighted by Gasteiger charge is -2.11. The van der Waals surface area contributed by atoms with Crippen molar-refractivity contribution in [3.8, 4) is 0 Å². The summed E-state index contributed by atoms with van der Waals surface area (Å²) in [7, 11) is 0. The van der Waals surface area contributed by atoms with Crippen molar-refractivity contribution >= 4 is 0 Å². The van der Waals surface area contributed by atoms with Gasteiger partial charge in [0, 0.05) is 0 Å². The summed E-state index contributed by atoms with van der Waals surface area (Å²) in [5.41, 5.74) is 4.13. The molecule has 46 valence electrons. The van der Waals surface area contributed by atoms with Crippen molar-refractivity contribution in [2.45, 2.75) is 26.0 Å². The van der Waals surface area contributed by atoms with Crippen molar-refractivity contribution in [1.29, 1.82) is 0 Å². The first-order chi connectivity index (χ1) is 2.56. The molecular formula is C4H11ClNO-. The van der Waals surface area contributed by atoms with Crippen LogP contribution in [0.15, 0.2) is 0 Å². The number of halogens is 1. The van der Waals surface area contributed by atoms with Gasteiger partial charge in [-0.25, -0.2) is 0 Å². The maximum absolute atomic E-state index is 8.60. The average Bonchev–Trinajstić information content (AvgIpc) is 1.35. The molecule has 0 fully saturated rings. The van der Waals surface area contributed by atoms with Crippen molar-refractivity contribution in [2.24, 2.45) is 5.73 Å². The quantitative estimate of drug-likeness (QED) is 0.368. The lowest BCUT2D eigenvalue weighted by atomic mass is 10.2. The fourth-order valence-electron chi connectivity index (χ4n) is 0. The molecule has 0 heterocycles. The predicted molar refractivity (Wildman–Crippen MR) is 25.1 cm³/mol. The van der Waals surface area contributed by atoms with Crippen LogP contribution >= 0.6 is 0 Å². The van der Waals surface area contributed by atoms with Gasteiger partial charge < -0.3 is 23.2 Å². The lowest BCUT2D eigenvalue weighted by molar-refractivity contribution is -0.0000114. The minimum atomic E-state index is -0.958. The van der Waals surface area contributed by atoms with E-state index < -0.39 is 5.72 Å². The van der Waals surface area contributed by atoms with Crippen LogP contribution in [-0.4, -0.2) is 10.8 Å². The average molecular weight is 125 g/mol. The number of nitrogens with two attached hydrogens (primary N) is 1. The minimum Gasteiger partial charge on any atom is -1.00 e. The smallest absolute Gasteiger partial charge is 0.110 e. The summed E-state index contributed by atoms with van der Waals surface area (Å²) in [5.74, 6) is 0. The van der Waals surface area contributed by atoms with Gasteiger partial charge in [0.2, 0.25) is 0 Å². The molecule has 3 N–H and O–H groups in total. The van der Waals surface area contributed by atoms with Gasteiger partial charge in [-0.15, -0.1) is 0 Å². The van der Waals surface area contributed by atoms with Crippen molar-refractivity contribution in [3.63, 3.8) is 0 Å². The van der Waals surface area contributed by atoms with Gasteiger partial charge in [0.1, 0.15) is 5.72 Å². The van der Waals surface area contributed by atoms with Gasteiger partial charge in [-0.3, -0.25) is 0 Å². The Morgan fingerprint density at radius 3 is 1.86 bits per heavy atom. The monoisotopic (exact) mass is 124 g/mol. The molecule has 0 spiro atoms. The van der Waals surface area contributed by atoms with Gasteiger partial charge in [-0.1, -0.05) is 6.92 Å². The second-order valence-corrected chi connectivity index (χ2v) is 1.71. The normalized spacial score (nSPS) is 17.1. The summed E-state index contributed by atoms with van der Waals surface area (Å²) in [6.45, 7) is 3.41. The SMILES string of the molecule is CCC(C)(N)O.[Cl-]. The molecule has 0 aromatic heterocycles. The fourth-order valence-corrected chi connectivity index (χ4v) is 0. The molecule has 7 heavy (non-hydrogen) atoms. The molecule has 0 saturated heterocycles. The number of hydrogen-bond acceptors (Lipinski definition) is 2. The highest BCUT2D eigenvalue weighted by Crippen LogP contribution is 1.94. The van der Waals surface area contributed by atoms with Gasteiger partial charge in [0.25, 0.3) is 0 Å². The molecule has 1 atom stereocenters. The summed E-state index contributed by atoms with van der Waals surface area (Å²) in [6.07, 6.45) is 0.604. The Kier molecular flexibility index (Phi) is 4.75. The van der Waals surface area contributed by atoms with Crippen molar-refractivity contribution < 1.29 is 17.5 Å². The van der Waals surface area contributed by atoms with Crippen LogP contribution in [-0.2, 0) is 0 Å². The Bertz CT molecular complexity index is 41.4. The minimum absolute atomic E-state index is 0. The molecule has 2 nitrogen and oxygen atoms in total. The summed E-state index contributed by atoms with van der Waals surface area (Å²) in [4.78, 5) is 0. The van der Waals surface area contributed by atoms with Gasteiger partial charge in [0.05, 0.1) is 0 Å². The molecule has 0 aliphatic carbocycles. The molecule has 1 unspecified atom stereocenters. The number of rotatable bonds is 1. The highest BCUT2D eigenvalue weighted by Gasteiger charge is 2.06. The number of aliphatic hydroxyl groups is 1. The van der Waals surface area contributed by atoms with E-state index in [1.165, 1.54) is 0 Å². The van der Waals surface area contributed by atoms with Gasteiger partial charge in [0.15, 0.2) is 0 Å². The van der Waals surface area contributed by atoms with Crippen LogP contribution < -0.4 is 18.1 Å². The van der Waals surface area contributed by atoms with Crippen LogP contribution in [0.25, 0.3) is 0 Å². The molecule has 0 saturated carbocycles. The topological polar surface area (TPSA) is 46.2 Å². The van der Waals surface area contributed by atoms with Gasteiger partial charge in [-0.05, 0) is 13.3 Å². The van der Waals surface area contributed by atoms with E-state index in [0.29, 0.717) is 6.42 Å². The van der Waals surface area contributed by atoms with Crippen LogP contribution in [0, 0.1) is 0 Å². The lowest BCUT2D eigenvalue weighted by Crippen LogP contribution is -3.00. The third-order valence-electron chi connectivity index (χ3n) is 0.716. The van der Waals surface area contributed by atoms with E-state index in [-0.39, 0.29) is 12.4 Å². The first-order valence-corrected chi connectivity index (χ1v) is 2.07. The molecule has 0 rings (SSSR count). The zero-order valence-electron chi connectivity index (χ0n) is 4.61. The molecule has 0 aliphatic heterocycles. The largest absolute Gasteiger partial charge is 1.00 e. The number of hydrogen-bond donors (Lipinski definition) is 2. The van der Waals surface area contributed by atoms with E-state index in [0.717, 1.165) is 0 Å². The summed E-state index contributed by atoms with van der Waals surface area (Å²) in [5, 5.41) is 8.60. The first kappa shape index (κ1) is 10.2. The third-order valence-corrected chi connectivity index (χ3v) is 0.716. The van der Waals surface area contributed by atoms with E-state index in [4.69, 9.17) is 10.8 Å². The summed E-state index contributed by atoms with van der Waals surface area (Å²) < 4.78 is 0. The Morgan fingerprint density at radius 2 is 1.86 bits per heavy atom. The van der Waals surface area contributed by atoms with Crippen LogP contribution in [0.5, 0.6) is 0 Å². The van der Waals surface area contributed by atoms with Crippen LogP contribution in [0.4, 0.5) is 0 Å². The highest BCUT2D eigenvalue weighted by molar-refractivity contribution is 4.56. The summed E-state index contributed by atoms with van der Waals surface area (Å²) in [6, 6.07) is 0. The zero-order chi connectivity index (χ0) is 5.21. The third kappa shape index (κ3) is 10.7. The van der Waals surface area contributed by atoms with E-state index in [1.54, 1.807) is 6.92 Å². The predicted octanol–water partition coefficient (Wildman–Crippen LogP) is -2.93. The van der Waals surface area contributed by atoms with Crippen LogP contribution in [0.1, 0.15) is 20.3 Å². The highest BCUT2D eigenvalue weighted by atomic mass is 35.5. The molecule has 0 aromatic carbocycles. The van der Waals surface area contributed by atoms with E-state index in [9.17, 15) is 0 Å². The molecule has 0 amide bonds. The molecule has 3 heteroatoms. The van der Waals surface area contributed by atoms with Crippen molar-refractivity contribution in [1.82, 2.24) is 0 Å². The van der Waals surface area contributed by atoms with Crippen LogP contribution in [0.3, 0.4) is 0 Å². The molecule has 0 radical (unpaired) electrons. The Hall–Kier alpha value is 0.210. The van der Waals surface area contributed by atoms with E-state index in [1.807, 2.05) is 6.92 Å². The molecule has 0 bridgehead atoms. The maximum Gasteiger partial charge on any atom is 0.110 e. The van der Waals surface area contributed by atoms with Crippen molar-refractivity contribution in [2.75, 3.05) is 0 Å². The Balaban J connectivity index is 0. The van der Waals surface area contributed by atoms with Crippen LogP contribution in [0.2, 0.25) is 0 Å².